The van der Waals surface area contributed by atoms with Gasteiger partial charge in [-0.2, -0.15) is 5.10 Å². The summed E-state index contributed by atoms with van der Waals surface area (Å²) < 4.78 is 0. The van der Waals surface area contributed by atoms with Crippen LogP contribution in [0.4, 0.5) is 0 Å². The van der Waals surface area contributed by atoms with Crippen molar-refractivity contribution in [1.82, 2.24) is 20.4 Å². The zero-order chi connectivity index (χ0) is 17.9. The number of hydrogen-bond donors (Lipinski definition) is 2. The molecular weight excluding hydrogens is 344 g/mol. The minimum absolute atomic E-state index is 0.120. The molecule has 1 aliphatic rings. The van der Waals surface area contributed by atoms with E-state index >= 15 is 0 Å². The van der Waals surface area contributed by atoms with Crippen molar-refractivity contribution >= 4 is 17.2 Å². The van der Waals surface area contributed by atoms with Gasteiger partial charge in [0.1, 0.15) is 5.69 Å². The average molecular weight is 366 g/mol. The fourth-order valence-corrected chi connectivity index (χ4v) is 4.16. The van der Waals surface area contributed by atoms with Crippen LogP contribution in [0.15, 0.2) is 53.9 Å². The van der Waals surface area contributed by atoms with E-state index in [1.807, 2.05) is 48.8 Å². The Kier molecular flexibility index (Phi) is 4.86. The minimum atomic E-state index is -0.120. The fourth-order valence-electron chi connectivity index (χ4n) is 3.48. The molecule has 1 saturated heterocycles. The molecule has 1 aliphatic heterocycles. The molecule has 3 heterocycles. The van der Waals surface area contributed by atoms with Crippen LogP contribution < -0.4 is 5.32 Å². The number of H-pyrrole nitrogens is 1. The topological polar surface area (TPSA) is 61.0 Å². The van der Waals surface area contributed by atoms with Crippen LogP contribution in [0, 0.1) is 0 Å². The van der Waals surface area contributed by atoms with Crippen LogP contribution in [-0.4, -0.2) is 34.1 Å². The van der Waals surface area contributed by atoms with Crippen molar-refractivity contribution in [2.24, 2.45) is 0 Å². The van der Waals surface area contributed by atoms with Gasteiger partial charge in [0.05, 0.1) is 23.2 Å². The molecule has 2 aromatic heterocycles. The van der Waals surface area contributed by atoms with Crippen molar-refractivity contribution < 1.29 is 4.79 Å². The molecule has 0 unspecified atom stereocenters. The number of thiophene rings is 1. The molecular formula is C20H22N4OS. The first-order valence-corrected chi connectivity index (χ1v) is 9.73. The Labute approximate surface area is 157 Å². The highest BCUT2D eigenvalue weighted by atomic mass is 32.1. The standard InChI is InChI=1S/C20H22N4OS/c1-24(13-15-12-18(23-22-15)19-8-5-11-26-19)20(25)17-10-9-16(21-17)14-6-3-2-4-7-14/h2-8,11-12,16-17,21H,9-10,13H2,1H3,(H,22,23)/t16-,17-/m1/s1. The molecule has 1 aromatic carbocycles. The molecule has 2 atom stereocenters. The summed E-state index contributed by atoms with van der Waals surface area (Å²) in [6.07, 6.45) is 1.85. The molecule has 0 saturated carbocycles. The van der Waals surface area contributed by atoms with Crippen LogP contribution in [0.5, 0.6) is 0 Å². The van der Waals surface area contributed by atoms with E-state index in [0.717, 1.165) is 29.1 Å². The Morgan fingerprint density at radius 2 is 2.08 bits per heavy atom. The largest absolute Gasteiger partial charge is 0.339 e. The Balaban J connectivity index is 1.36. The summed E-state index contributed by atoms with van der Waals surface area (Å²) in [4.78, 5) is 15.7. The van der Waals surface area contributed by atoms with E-state index in [2.05, 4.69) is 27.6 Å². The molecule has 1 fully saturated rings. The molecule has 5 nitrogen and oxygen atoms in total. The van der Waals surface area contributed by atoms with E-state index in [1.165, 1.54) is 5.56 Å². The SMILES string of the molecule is CN(Cc1cc(-c2cccs2)n[nH]1)C(=O)[C@H]1CC[C@H](c2ccccc2)N1. The third-order valence-corrected chi connectivity index (χ3v) is 5.73. The number of rotatable bonds is 5. The van der Waals surface area contributed by atoms with Crippen molar-refractivity contribution in [2.45, 2.75) is 31.5 Å². The first-order chi connectivity index (χ1) is 12.7. The maximum Gasteiger partial charge on any atom is 0.239 e. The van der Waals surface area contributed by atoms with E-state index in [-0.39, 0.29) is 18.0 Å². The van der Waals surface area contributed by atoms with Crippen molar-refractivity contribution in [1.29, 1.82) is 0 Å². The second-order valence-corrected chi connectivity index (χ2v) is 7.66. The lowest BCUT2D eigenvalue weighted by Gasteiger charge is -2.21. The summed E-state index contributed by atoms with van der Waals surface area (Å²) in [5, 5.41) is 12.9. The molecule has 0 radical (unpaired) electrons. The first kappa shape index (κ1) is 17.0. The molecule has 6 heteroatoms. The van der Waals surface area contributed by atoms with E-state index in [1.54, 1.807) is 16.2 Å². The number of aromatic nitrogens is 2. The van der Waals surface area contributed by atoms with Gasteiger partial charge >= 0.3 is 0 Å². The van der Waals surface area contributed by atoms with Gasteiger partial charge in [-0.3, -0.25) is 15.2 Å². The number of aromatic amines is 1. The van der Waals surface area contributed by atoms with Gasteiger partial charge in [-0.25, -0.2) is 0 Å². The van der Waals surface area contributed by atoms with Crippen LogP contribution in [0.2, 0.25) is 0 Å². The van der Waals surface area contributed by atoms with Gasteiger partial charge in [0, 0.05) is 13.1 Å². The summed E-state index contributed by atoms with van der Waals surface area (Å²) in [6, 6.07) is 16.6. The number of nitrogens with zero attached hydrogens (tertiary/aromatic N) is 2. The molecule has 0 bridgehead atoms. The van der Waals surface area contributed by atoms with Crippen molar-refractivity contribution in [2.75, 3.05) is 7.05 Å². The monoisotopic (exact) mass is 366 g/mol. The van der Waals surface area contributed by atoms with Crippen LogP contribution >= 0.6 is 11.3 Å². The highest BCUT2D eigenvalue weighted by Gasteiger charge is 2.31. The second-order valence-electron chi connectivity index (χ2n) is 6.71. The molecule has 2 N–H and O–H groups in total. The summed E-state index contributed by atoms with van der Waals surface area (Å²) >= 11 is 1.66. The maximum atomic E-state index is 12.8. The van der Waals surface area contributed by atoms with Gasteiger partial charge in [0.15, 0.2) is 0 Å². The quantitative estimate of drug-likeness (QED) is 0.725. The lowest BCUT2D eigenvalue weighted by Crippen LogP contribution is -2.41. The highest BCUT2D eigenvalue weighted by molar-refractivity contribution is 7.13. The van der Waals surface area contributed by atoms with Gasteiger partial charge in [-0.1, -0.05) is 36.4 Å². The second kappa shape index (κ2) is 7.43. The van der Waals surface area contributed by atoms with E-state index in [0.29, 0.717) is 6.54 Å². The third-order valence-electron chi connectivity index (χ3n) is 4.83. The summed E-state index contributed by atoms with van der Waals surface area (Å²) in [5.74, 6) is 0.135. The van der Waals surface area contributed by atoms with E-state index < -0.39 is 0 Å². The lowest BCUT2D eigenvalue weighted by molar-refractivity contribution is -0.132. The van der Waals surface area contributed by atoms with Crippen LogP contribution in [-0.2, 0) is 11.3 Å². The Morgan fingerprint density at radius 3 is 2.85 bits per heavy atom. The molecule has 26 heavy (non-hydrogen) atoms. The summed E-state index contributed by atoms with van der Waals surface area (Å²) in [6.45, 7) is 0.533. The molecule has 1 amide bonds. The predicted octanol–water partition coefficient (Wildman–Crippen LogP) is 3.59. The molecule has 0 spiro atoms. The zero-order valence-electron chi connectivity index (χ0n) is 14.7. The number of carbonyl (C=O) groups is 1. The molecule has 134 valence electrons. The normalized spacial score (nSPS) is 19.6. The smallest absolute Gasteiger partial charge is 0.239 e. The van der Waals surface area contributed by atoms with Gasteiger partial charge in [-0.15, -0.1) is 11.3 Å². The average Bonchev–Trinajstić information content (AvgIpc) is 3.42. The third kappa shape index (κ3) is 3.57. The van der Waals surface area contributed by atoms with Crippen LogP contribution in [0.3, 0.4) is 0 Å². The van der Waals surface area contributed by atoms with Crippen LogP contribution in [0.25, 0.3) is 10.6 Å². The number of benzene rings is 1. The van der Waals surface area contributed by atoms with Crippen molar-refractivity contribution in [3.05, 3.63) is 65.2 Å². The predicted molar refractivity (Wildman–Crippen MR) is 104 cm³/mol. The molecule has 4 rings (SSSR count). The molecule has 0 aliphatic carbocycles. The number of carbonyl (C=O) groups excluding carboxylic acids is 1. The molecule has 3 aromatic rings. The summed E-state index contributed by atoms with van der Waals surface area (Å²) in [5.41, 5.74) is 3.13. The zero-order valence-corrected chi connectivity index (χ0v) is 15.5. The van der Waals surface area contributed by atoms with Crippen molar-refractivity contribution in [3.63, 3.8) is 0 Å². The number of hydrogen-bond acceptors (Lipinski definition) is 4. The number of nitrogens with one attached hydrogen (secondary N) is 2. The number of amides is 1. The fraction of sp³-hybridized carbons (Fsp3) is 0.300. The summed E-state index contributed by atoms with van der Waals surface area (Å²) in [7, 11) is 1.85. The maximum absolute atomic E-state index is 12.8. The Bertz CT molecular complexity index is 859. The van der Waals surface area contributed by atoms with E-state index in [4.69, 9.17) is 0 Å². The van der Waals surface area contributed by atoms with Gasteiger partial charge < -0.3 is 4.90 Å². The van der Waals surface area contributed by atoms with Gasteiger partial charge in [0.25, 0.3) is 0 Å². The Hall–Kier alpha value is -2.44. The van der Waals surface area contributed by atoms with Gasteiger partial charge in [0.2, 0.25) is 5.91 Å². The number of likely N-dealkylation sites (N-methyl/N-ethyl adjacent to an activating group) is 1. The minimum Gasteiger partial charge on any atom is -0.339 e. The first-order valence-electron chi connectivity index (χ1n) is 8.85. The van der Waals surface area contributed by atoms with Crippen LogP contribution in [0.1, 0.15) is 30.1 Å². The van der Waals surface area contributed by atoms with E-state index in [9.17, 15) is 4.79 Å². The highest BCUT2D eigenvalue weighted by Crippen LogP contribution is 2.27. The van der Waals surface area contributed by atoms with Crippen molar-refractivity contribution in [3.8, 4) is 10.6 Å². The lowest BCUT2D eigenvalue weighted by atomic mass is 10.1. The van der Waals surface area contributed by atoms with Gasteiger partial charge in [-0.05, 0) is 35.9 Å². The Morgan fingerprint density at radius 1 is 1.23 bits per heavy atom.